The number of rotatable bonds is 1. The van der Waals surface area contributed by atoms with Crippen molar-refractivity contribution < 1.29 is 19.7 Å². The Morgan fingerprint density at radius 2 is 1.70 bits per heavy atom. The van der Waals surface area contributed by atoms with Crippen molar-refractivity contribution in [1.82, 2.24) is 0 Å². The van der Waals surface area contributed by atoms with E-state index in [4.69, 9.17) is 4.74 Å². The lowest BCUT2D eigenvalue weighted by molar-refractivity contribution is -0.131. The van der Waals surface area contributed by atoms with E-state index in [1.165, 1.54) is 19.1 Å². The third-order valence-electron chi connectivity index (χ3n) is 3.18. The third-order valence-corrected chi connectivity index (χ3v) is 3.18. The molecule has 20 heavy (non-hydrogen) atoms. The molecule has 0 heterocycles. The summed E-state index contributed by atoms with van der Waals surface area (Å²) in [5.41, 5.74) is 0. The smallest absolute Gasteiger partial charge is 0.308 e. The highest BCUT2D eigenvalue weighted by Crippen LogP contribution is 2.43. The molecule has 0 bridgehead atoms. The topological polar surface area (TPSA) is 66.8 Å². The number of phenols is 2. The van der Waals surface area contributed by atoms with Crippen molar-refractivity contribution in [2.24, 2.45) is 0 Å². The molecule has 0 spiro atoms. The molecule has 0 unspecified atom stereocenters. The second-order valence-electron chi connectivity index (χ2n) is 4.55. The number of phenolic OH excluding ortho intramolecular Hbond substituents is 2. The highest BCUT2D eigenvalue weighted by atomic mass is 16.5. The van der Waals surface area contributed by atoms with Crippen molar-refractivity contribution in [2.75, 3.05) is 0 Å². The van der Waals surface area contributed by atoms with Crippen LogP contribution in [0.15, 0.2) is 42.5 Å². The van der Waals surface area contributed by atoms with E-state index in [-0.39, 0.29) is 17.2 Å². The fourth-order valence-electron chi connectivity index (χ4n) is 2.35. The molecule has 0 atom stereocenters. The summed E-state index contributed by atoms with van der Waals surface area (Å²) in [4.78, 5) is 11.3. The van der Waals surface area contributed by atoms with Crippen molar-refractivity contribution in [1.29, 1.82) is 0 Å². The molecule has 0 aromatic heterocycles. The highest BCUT2D eigenvalue weighted by molar-refractivity contribution is 6.10. The number of carbonyl (C=O) groups is 1. The standard InChI is InChI=1S/C16H12O4/c1-9(17)20-16-11-5-3-2-4-10(11)8-12-13(18)6-7-14(19)15(12)16/h2-8,18-19H,1H3. The van der Waals surface area contributed by atoms with Gasteiger partial charge in [0.1, 0.15) is 17.2 Å². The molecule has 4 heteroatoms. The van der Waals surface area contributed by atoms with Crippen LogP contribution in [0.3, 0.4) is 0 Å². The molecule has 0 aliphatic heterocycles. The van der Waals surface area contributed by atoms with Gasteiger partial charge in [0.15, 0.2) is 0 Å². The summed E-state index contributed by atoms with van der Waals surface area (Å²) in [6.45, 7) is 1.30. The Morgan fingerprint density at radius 3 is 2.45 bits per heavy atom. The maximum Gasteiger partial charge on any atom is 0.308 e. The van der Waals surface area contributed by atoms with E-state index < -0.39 is 5.97 Å². The van der Waals surface area contributed by atoms with E-state index in [1.54, 1.807) is 12.1 Å². The number of ether oxygens (including phenoxy) is 1. The largest absolute Gasteiger partial charge is 0.507 e. The maximum atomic E-state index is 11.3. The Kier molecular flexibility index (Phi) is 2.71. The van der Waals surface area contributed by atoms with Gasteiger partial charge in [-0.2, -0.15) is 0 Å². The van der Waals surface area contributed by atoms with Gasteiger partial charge in [-0.1, -0.05) is 24.3 Å². The Bertz CT molecular complexity index is 837. The first-order valence-electron chi connectivity index (χ1n) is 6.12. The van der Waals surface area contributed by atoms with Crippen LogP contribution in [0, 0.1) is 0 Å². The molecule has 2 N–H and O–H groups in total. The quantitative estimate of drug-likeness (QED) is 0.307. The Hall–Kier alpha value is -2.75. The molecular formula is C16H12O4. The zero-order chi connectivity index (χ0) is 14.3. The lowest BCUT2D eigenvalue weighted by Gasteiger charge is -2.12. The SMILES string of the molecule is CC(=O)Oc1c2ccccc2cc2c(O)ccc(O)c12. The van der Waals surface area contributed by atoms with Crippen LogP contribution in [0.2, 0.25) is 0 Å². The molecule has 0 saturated heterocycles. The van der Waals surface area contributed by atoms with E-state index in [0.29, 0.717) is 16.2 Å². The minimum Gasteiger partial charge on any atom is -0.507 e. The molecule has 3 aromatic carbocycles. The van der Waals surface area contributed by atoms with Crippen LogP contribution in [-0.4, -0.2) is 16.2 Å². The van der Waals surface area contributed by atoms with Gasteiger partial charge in [0.05, 0.1) is 5.39 Å². The van der Waals surface area contributed by atoms with E-state index >= 15 is 0 Å². The molecule has 0 fully saturated rings. The zero-order valence-electron chi connectivity index (χ0n) is 10.8. The number of hydrogen-bond donors (Lipinski definition) is 2. The van der Waals surface area contributed by atoms with Gasteiger partial charge in [-0.15, -0.1) is 0 Å². The maximum absolute atomic E-state index is 11.3. The Morgan fingerprint density at radius 1 is 1.00 bits per heavy atom. The van der Waals surface area contributed by atoms with Crippen molar-refractivity contribution in [2.45, 2.75) is 6.92 Å². The summed E-state index contributed by atoms with van der Waals surface area (Å²) in [5.74, 6) is -0.235. The van der Waals surface area contributed by atoms with E-state index in [9.17, 15) is 15.0 Å². The number of hydrogen-bond acceptors (Lipinski definition) is 4. The summed E-state index contributed by atoms with van der Waals surface area (Å²) in [5, 5.41) is 22.3. The van der Waals surface area contributed by atoms with Crippen LogP contribution in [0.5, 0.6) is 17.2 Å². The van der Waals surface area contributed by atoms with E-state index in [0.717, 1.165) is 5.39 Å². The monoisotopic (exact) mass is 268 g/mol. The molecule has 0 aliphatic carbocycles. The number of aromatic hydroxyl groups is 2. The fourth-order valence-corrected chi connectivity index (χ4v) is 2.35. The van der Waals surface area contributed by atoms with Gasteiger partial charge in [-0.3, -0.25) is 4.79 Å². The average Bonchev–Trinajstić information content (AvgIpc) is 2.42. The van der Waals surface area contributed by atoms with Crippen LogP contribution in [0.25, 0.3) is 21.5 Å². The molecule has 0 amide bonds. The predicted molar refractivity (Wildman–Crippen MR) is 76.1 cm³/mol. The minimum absolute atomic E-state index is 0.0250. The predicted octanol–water partition coefficient (Wildman–Crippen LogP) is 3.33. The molecule has 3 rings (SSSR count). The van der Waals surface area contributed by atoms with Crippen molar-refractivity contribution >= 4 is 27.5 Å². The normalized spacial score (nSPS) is 10.8. The molecular weight excluding hydrogens is 256 g/mol. The lowest BCUT2D eigenvalue weighted by atomic mass is 10.0. The average molecular weight is 268 g/mol. The van der Waals surface area contributed by atoms with Gasteiger partial charge in [0.25, 0.3) is 0 Å². The fraction of sp³-hybridized carbons (Fsp3) is 0.0625. The molecule has 100 valence electrons. The van der Waals surface area contributed by atoms with Crippen molar-refractivity contribution in [3.63, 3.8) is 0 Å². The van der Waals surface area contributed by atoms with E-state index in [2.05, 4.69) is 0 Å². The second kappa shape index (κ2) is 4.42. The van der Waals surface area contributed by atoms with Crippen LogP contribution < -0.4 is 4.74 Å². The Balaban J connectivity index is 2.54. The van der Waals surface area contributed by atoms with Gasteiger partial charge in [-0.05, 0) is 23.6 Å². The zero-order valence-corrected chi connectivity index (χ0v) is 10.8. The summed E-state index contributed by atoms with van der Waals surface area (Å²) in [6.07, 6.45) is 0. The van der Waals surface area contributed by atoms with Gasteiger partial charge in [0.2, 0.25) is 0 Å². The lowest BCUT2D eigenvalue weighted by Crippen LogP contribution is -2.02. The molecule has 4 nitrogen and oxygen atoms in total. The van der Waals surface area contributed by atoms with Crippen LogP contribution in [0.4, 0.5) is 0 Å². The highest BCUT2D eigenvalue weighted by Gasteiger charge is 2.16. The van der Waals surface area contributed by atoms with Gasteiger partial charge < -0.3 is 14.9 Å². The van der Waals surface area contributed by atoms with Crippen molar-refractivity contribution in [3.8, 4) is 17.2 Å². The number of carbonyl (C=O) groups excluding carboxylic acids is 1. The number of fused-ring (bicyclic) bond motifs is 2. The first-order valence-corrected chi connectivity index (χ1v) is 6.12. The molecule has 0 saturated carbocycles. The van der Waals surface area contributed by atoms with Crippen LogP contribution in [0.1, 0.15) is 6.92 Å². The molecule has 0 aliphatic rings. The first kappa shape index (κ1) is 12.3. The minimum atomic E-state index is -0.481. The number of esters is 1. The van der Waals surface area contributed by atoms with Gasteiger partial charge in [0, 0.05) is 17.7 Å². The van der Waals surface area contributed by atoms with Gasteiger partial charge >= 0.3 is 5.97 Å². The summed E-state index contributed by atoms with van der Waals surface area (Å²) in [6, 6.07) is 11.9. The summed E-state index contributed by atoms with van der Waals surface area (Å²) < 4.78 is 5.27. The molecule has 0 radical (unpaired) electrons. The second-order valence-corrected chi connectivity index (χ2v) is 4.55. The van der Waals surface area contributed by atoms with Crippen molar-refractivity contribution in [3.05, 3.63) is 42.5 Å². The van der Waals surface area contributed by atoms with Crippen LogP contribution in [-0.2, 0) is 4.79 Å². The summed E-state index contributed by atoms with van der Waals surface area (Å²) >= 11 is 0. The van der Waals surface area contributed by atoms with E-state index in [1.807, 2.05) is 18.2 Å². The van der Waals surface area contributed by atoms with Gasteiger partial charge in [-0.25, -0.2) is 0 Å². The van der Waals surface area contributed by atoms with Crippen LogP contribution >= 0.6 is 0 Å². The summed E-state index contributed by atoms with van der Waals surface area (Å²) in [7, 11) is 0. The molecule has 3 aromatic rings. The number of benzene rings is 3. The first-order chi connectivity index (χ1) is 9.58. The Labute approximate surface area is 114 Å². The third kappa shape index (κ3) is 1.82.